The van der Waals surface area contributed by atoms with Crippen molar-refractivity contribution in [3.63, 3.8) is 0 Å². The van der Waals surface area contributed by atoms with Crippen LogP contribution in [0.25, 0.3) is 0 Å². The number of Topliss-reactive ketones (excluding diaryl/α,β-unsaturated/α-hetero) is 1. The van der Waals surface area contributed by atoms with Crippen molar-refractivity contribution in [3.05, 3.63) is 35.9 Å². The summed E-state index contributed by atoms with van der Waals surface area (Å²) in [5.74, 6) is -2.24. The number of hydrogen-bond donors (Lipinski definition) is 0. The Morgan fingerprint density at radius 3 is 1.69 bits per heavy atom. The monoisotopic (exact) mass is 449 g/mol. The van der Waals surface area contributed by atoms with Gasteiger partial charge in [-0.1, -0.05) is 30.3 Å². The van der Waals surface area contributed by atoms with Gasteiger partial charge in [0.25, 0.3) is 0 Å². The first-order chi connectivity index (χ1) is 14.7. The largest absolute Gasteiger partial charge is 0.461 e. The second kappa shape index (κ2) is 11.8. The minimum atomic E-state index is -1.04. The Morgan fingerprint density at radius 1 is 0.812 bits per heavy atom. The molecule has 8 nitrogen and oxygen atoms in total. The van der Waals surface area contributed by atoms with Gasteiger partial charge in [-0.2, -0.15) is 0 Å². The van der Waals surface area contributed by atoms with Gasteiger partial charge >= 0.3 is 17.9 Å². The van der Waals surface area contributed by atoms with E-state index in [0.29, 0.717) is 0 Å². The fraction of sp³-hybridized carbons (Fsp3) is 0.583. The van der Waals surface area contributed by atoms with Crippen LogP contribution < -0.4 is 0 Å². The SMILES string of the molecule is CC(=O)C(CC(=O)OCc1ccccc1)N(CC(=O)OC(C)(C)C)CC(=O)OC(C)(C)C. The Balaban J connectivity index is 2.95. The molecule has 0 aliphatic rings. The Bertz CT molecular complexity index is 761. The number of benzene rings is 1. The van der Waals surface area contributed by atoms with Crippen LogP contribution in [0.5, 0.6) is 0 Å². The molecule has 1 unspecified atom stereocenters. The number of hydrogen-bond acceptors (Lipinski definition) is 8. The molecule has 0 radical (unpaired) electrons. The van der Waals surface area contributed by atoms with E-state index in [1.54, 1.807) is 41.5 Å². The molecule has 0 spiro atoms. The first kappa shape index (κ1) is 27.3. The molecule has 1 atom stereocenters. The van der Waals surface area contributed by atoms with E-state index in [2.05, 4.69) is 0 Å². The molecule has 0 saturated heterocycles. The van der Waals surface area contributed by atoms with Crippen LogP contribution >= 0.6 is 0 Å². The Labute approximate surface area is 190 Å². The van der Waals surface area contributed by atoms with E-state index in [-0.39, 0.29) is 31.9 Å². The number of ketones is 1. The van der Waals surface area contributed by atoms with Crippen molar-refractivity contribution in [2.24, 2.45) is 0 Å². The van der Waals surface area contributed by atoms with Crippen molar-refractivity contribution >= 4 is 23.7 Å². The number of esters is 3. The molecule has 0 bridgehead atoms. The summed E-state index contributed by atoms with van der Waals surface area (Å²) in [4.78, 5) is 50.9. The highest BCUT2D eigenvalue weighted by atomic mass is 16.6. The predicted octanol–water partition coefficient (Wildman–Crippen LogP) is 3.06. The van der Waals surface area contributed by atoms with E-state index >= 15 is 0 Å². The van der Waals surface area contributed by atoms with Gasteiger partial charge < -0.3 is 14.2 Å². The molecule has 1 aromatic rings. The van der Waals surface area contributed by atoms with Crippen LogP contribution in [0, 0.1) is 0 Å². The molecule has 32 heavy (non-hydrogen) atoms. The molecule has 0 fully saturated rings. The standard InChI is InChI=1S/C24H35NO7/c1-17(26)19(13-20(27)30-16-18-11-9-8-10-12-18)25(14-21(28)31-23(2,3)4)15-22(29)32-24(5,6)7/h8-12,19H,13-16H2,1-7H3. The van der Waals surface area contributed by atoms with E-state index < -0.39 is 35.2 Å². The molecule has 0 amide bonds. The molecule has 0 aliphatic carbocycles. The fourth-order valence-electron chi connectivity index (χ4n) is 2.84. The minimum Gasteiger partial charge on any atom is -0.461 e. The van der Waals surface area contributed by atoms with Crippen LogP contribution in [-0.4, -0.2) is 58.9 Å². The Hall–Kier alpha value is -2.74. The highest BCUT2D eigenvalue weighted by molar-refractivity contribution is 5.88. The normalized spacial score (nSPS) is 12.8. The zero-order chi connectivity index (χ0) is 24.5. The van der Waals surface area contributed by atoms with Gasteiger partial charge in [0, 0.05) is 0 Å². The second-order valence-electron chi connectivity index (χ2n) is 9.55. The zero-order valence-electron chi connectivity index (χ0n) is 20.1. The lowest BCUT2D eigenvalue weighted by Crippen LogP contribution is -2.49. The average molecular weight is 450 g/mol. The predicted molar refractivity (Wildman–Crippen MR) is 119 cm³/mol. The summed E-state index contributed by atoms with van der Waals surface area (Å²) in [7, 11) is 0. The summed E-state index contributed by atoms with van der Waals surface area (Å²) in [5, 5.41) is 0. The zero-order valence-corrected chi connectivity index (χ0v) is 20.1. The van der Waals surface area contributed by atoms with Crippen LogP contribution in [0.1, 0.15) is 60.5 Å². The third-order valence-electron chi connectivity index (χ3n) is 4.02. The van der Waals surface area contributed by atoms with Gasteiger partial charge in [-0.05, 0) is 54.0 Å². The summed E-state index contributed by atoms with van der Waals surface area (Å²) in [6.45, 7) is 10.9. The lowest BCUT2D eigenvalue weighted by atomic mass is 10.1. The Kier molecular flexibility index (Phi) is 10.0. The van der Waals surface area contributed by atoms with Crippen molar-refractivity contribution in [2.45, 2.75) is 78.7 Å². The van der Waals surface area contributed by atoms with Crippen LogP contribution in [0.3, 0.4) is 0 Å². The lowest BCUT2D eigenvalue weighted by molar-refractivity contribution is -0.163. The minimum absolute atomic E-state index is 0.0580. The third kappa shape index (κ3) is 11.6. The average Bonchev–Trinajstić information content (AvgIpc) is 2.61. The number of ether oxygens (including phenoxy) is 3. The van der Waals surface area contributed by atoms with Crippen LogP contribution in [0.15, 0.2) is 30.3 Å². The number of rotatable bonds is 10. The highest BCUT2D eigenvalue weighted by Crippen LogP contribution is 2.14. The van der Waals surface area contributed by atoms with Crippen LogP contribution in [0.2, 0.25) is 0 Å². The number of nitrogens with zero attached hydrogens (tertiary/aromatic N) is 1. The first-order valence-corrected chi connectivity index (χ1v) is 10.5. The highest BCUT2D eigenvalue weighted by Gasteiger charge is 2.32. The van der Waals surface area contributed by atoms with Crippen LogP contribution in [0.4, 0.5) is 0 Å². The summed E-state index contributed by atoms with van der Waals surface area (Å²) in [6.07, 6.45) is -0.312. The third-order valence-corrected chi connectivity index (χ3v) is 4.02. The summed E-state index contributed by atoms with van der Waals surface area (Å²) >= 11 is 0. The molecule has 0 heterocycles. The molecule has 1 rings (SSSR count). The maximum absolute atomic E-state index is 12.4. The van der Waals surface area contributed by atoms with Crippen molar-refractivity contribution < 1.29 is 33.4 Å². The van der Waals surface area contributed by atoms with E-state index in [1.165, 1.54) is 11.8 Å². The van der Waals surface area contributed by atoms with E-state index in [9.17, 15) is 19.2 Å². The van der Waals surface area contributed by atoms with Crippen LogP contribution in [-0.2, 0) is 40.0 Å². The van der Waals surface area contributed by atoms with Gasteiger partial charge in [0.15, 0.2) is 0 Å². The van der Waals surface area contributed by atoms with E-state index in [4.69, 9.17) is 14.2 Å². The molecule has 178 valence electrons. The molecule has 8 heteroatoms. The topological polar surface area (TPSA) is 99.2 Å². The van der Waals surface area contributed by atoms with Crippen molar-refractivity contribution in [1.29, 1.82) is 0 Å². The quantitative estimate of drug-likeness (QED) is 0.397. The van der Waals surface area contributed by atoms with Gasteiger partial charge in [-0.25, -0.2) is 0 Å². The molecule has 1 aromatic carbocycles. The van der Waals surface area contributed by atoms with Gasteiger partial charge in [0.2, 0.25) is 0 Å². The molecule has 0 aromatic heterocycles. The number of carbonyl (C=O) groups excluding carboxylic acids is 4. The van der Waals surface area contributed by atoms with Gasteiger partial charge in [0.05, 0.1) is 25.6 Å². The van der Waals surface area contributed by atoms with E-state index in [0.717, 1.165) is 5.56 Å². The first-order valence-electron chi connectivity index (χ1n) is 10.5. The van der Waals surface area contributed by atoms with Crippen molar-refractivity contribution in [2.75, 3.05) is 13.1 Å². The lowest BCUT2D eigenvalue weighted by Gasteiger charge is -2.30. The van der Waals surface area contributed by atoms with Crippen molar-refractivity contribution in [1.82, 2.24) is 4.90 Å². The van der Waals surface area contributed by atoms with Gasteiger partial charge in [-0.15, -0.1) is 0 Å². The summed E-state index contributed by atoms with van der Waals surface area (Å²) < 4.78 is 15.9. The number of carbonyl (C=O) groups is 4. The van der Waals surface area contributed by atoms with E-state index in [1.807, 2.05) is 30.3 Å². The van der Waals surface area contributed by atoms with Crippen molar-refractivity contribution in [3.8, 4) is 0 Å². The maximum Gasteiger partial charge on any atom is 0.320 e. The Morgan fingerprint density at radius 2 is 1.28 bits per heavy atom. The van der Waals surface area contributed by atoms with Gasteiger partial charge in [-0.3, -0.25) is 24.1 Å². The fourth-order valence-corrected chi connectivity index (χ4v) is 2.84. The summed E-state index contributed by atoms with van der Waals surface area (Å²) in [5.41, 5.74) is -0.677. The summed E-state index contributed by atoms with van der Waals surface area (Å²) in [6, 6.07) is 8.08. The smallest absolute Gasteiger partial charge is 0.320 e. The molecule has 0 saturated carbocycles. The molecular weight excluding hydrogens is 414 g/mol. The maximum atomic E-state index is 12.4. The molecule has 0 N–H and O–H groups in total. The molecular formula is C24H35NO7. The van der Waals surface area contributed by atoms with Gasteiger partial charge in [0.1, 0.15) is 23.6 Å². The molecule has 0 aliphatic heterocycles. The second-order valence-corrected chi connectivity index (χ2v) is 9.55.